The Hall–Kier alpha value is -1.24. The zero-order valence-electron chi connectivity index (χ0n) is 14.6. The zero-order valence-corrected chi connectivity index (χ0v) is 16.2. The largest absolute Gasteiger partial charge is 0.352 e. The Bertz CT molecular complexity index is 658. The predicted molar refractivity (Wildman–Crippen MR) is 101 cm³/mol. The van der Waals surface area contributed by atoms with E-state index in [0.717, 1.165) is 17.7 Å². The molecule has 1 N–H and O–H groups in total. The van der Waals surface area contributed by atoms with Crippen molar-refractivity contribution >= 4 is 35.2 Å². The van der Waals surface area contributed by atoms with Crippen LogP contribution < -0.4 is 5.32 Å². The molecule has 1 aliphatic carbocycles. The van der Waals surface area contributed by atoms with Gasteiger partial charge >= 0.3 is 0 Å². The van der Waals surface area contributed by atoms with Gasteiger partial charge in [0.15, 0.2) is 0 Å². The van der Waals surface area contributed by atoms with E-state index in [0.29, 0.717) is 42.8 Å². The Morgan fingerprint density at radius 3 is 2.52 bits per heavy atom. The van der Waals surface area contributed by atoms with Gasteiger partial charge in [0.2, 0.25) is 5.91 Å². The number of carbonyl (C=O) groups excluding carboxylic acids is 2. The lowest BCUT2D eigenvalue weighted by atomic mass is 10.1. The van der Waals surface area contributed by atoms with E-state index in [1.165, 1.54) is 0 Å². The average Bonchev–Trinajstić information content (AvgIpc) is 3.45. The summed E-state index contributed by atoms with van der Waals surface area (Å²) < 4.78 is 0. The molecule has 1 unspecified atom stereocenters. The van der Waals surface area contributed by atoms with Gasteiger partial charge in [0.25, 0.3) is 5.91 Å². The van der Waals surface area contributed by atoms with Crippen LogP contribution in [0.1, 0.15) is 30.1 Å². The highest BCUT2D eigenvalue weighted by molar-refractivity contribution is 7.98. The number of rotatable bonds is 5. The first kappa shape index (κ1) is 18.5. The highest BCUT2D eigenvalue weighted by Crippen LogP contribution is 2.25. The van der Waals surface area contributed by atoms with Gasteiger partial charge in [0, 0.05) is 37.1 Å². The van der Waals surface area contributed by atoms with Crippen LogP contribution in [0.25, 0.3) is 0 Å². The first-order valence-corrected chi connectivity index (χ1v) is 10.3. The number of halogens is 1. The molecular weight excluding hydrogens is 358 g/mol. The number of benzene rings is 1. The van der Waals surface area contributed by atoms with Crippen LogP contribution in [-0.2, 0) is 4.79 Å². The summed E-state index contributed by atoms with van der Waals surface area (Å²) >= 11 is 7.81. The number of amides is 2. The summed E-state index contributed by atoms with van der Waals surface area (Å²) in [6, 6.07) is 5.78. The molecule has 2 aliphatic rings. The van der Waals surface area contributed by atoms with Crippen LogP contribution in [0.4, 0.5) is 0 Å². The van der Waals surface area contributed by atoms with E-state index in [9.17, 15) is 9.59 Å². The monoisotopic (exact) mass is 381 g/mol. The van der Waals surface area contributed by atoms with Crippen LogP contribution in [0, 0.1) is 0 Å². The summed E-state index contributed by atoms with van der Waals surface area (Å²) in [5.74, 6) is 0.0635. The maximum absolute atomic E-state index is 12.8. The number of nitrogens with one attached hydrogen (secondary N) is 1. The molecule has 2 fully saturated rings. The van der Waals surface area contributed by atoms with E-state index in [4.69, 9.17) is 11.6 Å². The number of nitrogens with zero attached hydrogens (tertiary/aromatic N) is 2. The SMILES string of the molecule is CSc1ccc(Cl)c(C(=O)N2CCN(C(C)C(=O)NC3CC3)CC2)c1. The normalized spacial score (nSPS) is 19.6. The molecule has 3 rings (SSSR count). The van der Waals surface area contributed by atoms with Crippen molar-refractivity contribution in [3.63, 3.8) is 0 Å². The van der Waals surface area contributed by atoms with Crippen molar-refractivity contribution in [1.82, 2.24) is 15.1 Å². The molecule has 0 bridgehead atoms. The van der Waals surface area contributed by atoms with Crippen molar-refractivity contribution in [2.45, 2.75) is 36.7 Å². The fraction of sp³-hybridized carbons (Fsp3) is 0.556. The lowest BCUT2D eigenvalue weighted by molar-refractivity contribution is -0.126. The fourth-order valence-electron chi connectivity index (χ4n) is 2.99. The number of hydrogen-bond donors (Lipinski definition) is 1. The lowest BCUT2D eigenvalue weighted by Gasteiger charge is -2.37. The molecule has 136 valence electrons. The molecule has 1 saturated heterocycles. The molecule has 1 atom stereocenters. The first-order valence-electron chi connectivity index (χ1n) is 8.67. The molecule has 1 aliphatic heterocycles. The van der Waals surface area contributed by atoms with Crippen LogP contribution in [-0.4, -0.2) is 66.1 Å². The summed E-state index contributed by atoms with van der Waals surface area (Å²) in [6.07, 6.45) is 4.16. The topological polar surface area (TPSA) is 52.7 Å². The van der Waals surface area contributed by atoms with Gasteiger partial charge in [0.1, 0.15) is 0 Å². The second kappa shape index (κ2) is 7.98. The Labute approximate surface area is 158 Å². The van der Waals surface area contributed by atoms with Crippen LogP contribution in [0.5, 0.6) is 0 Å². The quantitative estimate of drug-likeness (QED) is 0.796. The van der Waals surface area contributed by atoms with Crippen molar-refractivity contribution in [3.8, 4) is 0 Å². The van der Waals surface area contributed by atoms with E-state index in [2.05, 4.69) is 10.2 Å². The Kier molecular flexibility index (Phi) is 5.92. The van der Waals surface area contributed by atoms with E-state index in [-0.39, 0.29) is 17.9 Å². The highest BCUT2D eigenvalue weighted by Gasteiger charge is 2.31. The predicted octanol–water partition coefficient (Wildman–Crippen LogP) is 2.49. The van der Waals surface area contributed by atoms with Gasteiger partial charge in [-0.3, -0.25) is 14.5 Å². The molecule has 1 heterocycles. The minimum absolute atomic E-state index is 0.0318. The second-order valence-electron chi connectivity index (χ2n) is 6.63. The van der Waals surface area contributed by atoms with Crippen molar-refractivity contribution in [1.29, 1.82) is 0 Å². The summed E-state index contributed by atoms with van der Waals surface area (Å²) in [4.78, 5) is 30.0. The Morgan fingerprint density at radius 2 is 1.92 bits per heavy atom. The maximum Gasteiger partial charge on any atom is 0.255 e. The molecule has 1 aromatic carbocycles. The van der Waals surface area contributed by atoms with Crippen LogP contribution in [0.15, 0.2) is 23.1 Å². The van der Waals surface area contributed by atoms with E-state index < -0.39 is 0 Å². The lowest BCUT2D eigenvalue weighted by Crippen LogP contribution is -2.55. The third kappa shape index (κ3) is 4.49. The highest BCUT2D eigenvalue weighted by atomic mass is 35.5. The number of carbonyl (C=O) groups is 2. The third-order valence-electron chi connectivity index (χ3n) is 4.86. The van der Waals surface area contributed by atoms with Gasteiger partial charge < -0.3 is 10.2 Å². The molecule has 5 nitrogen and oxygen atoms in total. The minimum Gasteiger partial charge on any atom is -0.352 e. The zero-order chi connectivity index (χ0) is 18.0. The Morgan fingerprint density at radius 1 is 1.24 bits per heavy atom. The smallest absolute Gasteiger partial charge is 0.255 e. The van der Waals surface area contributed by atoms with Gasteiger partial charge in [-0.15, -0.1) is 11.8 Å². The van der Waals surface area contributed by atoms with Crippen molar-refractivity contribution in [2.75, 3.05) is 32.4 Å². The van der Waals surface area contributed by atoms with Gasteiger partial charge in [-0.1, -0.05) is 11.6 Å². The van der Waals surface area contributed by atoms with Gasteiger partial charge in [-0.2, -0.15) is 0 Å². The first-order chi connectivity index (χ1) is 12.0. The van der Waals surface area contributed by atoms with Gasteiger partial charge in [-0.05, 0) is 44.2 Å². The molecular formula is C18H24ClN3O2S. The molecule has 2 amide bonds. The molecule has 1 aromatic rings. The van der Waals surface area contributed by atoms with Crippen molar-refractivity contribution < 1.29 is 9.59 Å². The Balaban J connectivity index is 1.58. The summed E-state index contributed by atoms with van der Waals surface area (Å²) in [5, 5.41) is 3.54. The van der Waals surface area contributed by atoms with Gasteiger partial charge in [0.05, 0.1) is 16.6 Å². The third-order valence-corrected chi connectivity index (χ3v) is 5.91. The standard InChI is InChI=1S/C18H24ClN3O2S/c1-12(17(23)20-13-3-4-13)21-7-9-22(10-8-21)18(24)15-11-14(25-2)5-6-16(15)19/h5-6,11-13H,3-4,7-10H2,1-2H3,(H,20,23). The van der Waals surface area contributed by atoms with Gasteiger partial charge in [-0.25, -0.2) is 0 Å². The van der Waals surface area contributed by atoms with Crippen LogP contribution in [0.2, 0.25) is 5.02 Å². The van der Waals surface area contributed by atoms with E-state index in [1.807, 2.05) is 30.2 Å². The molecule has 0 spiro atoms. The number of piperazine rings is 1. The van der Waals surface area contributed by atoms with Crippen LogP contribution >= 0.6 is 23.4 Å². The molecule has 25 heavy (non-hydrogen) atoms. The number of thioether (sulfide) groups is 1. The maximum atomic E-state index is 12.8. The molecule has 0 radical (unpaired) electrons. The fourth-order valence-corrected chi connectivity index (χ4v) is 3.63. The van der Waals surface area contributed by atoms with Crippen molar-refractivity contribution in [3.05, 3.63) is 28.8 Å². The second-order valence-corrected chi connectivity index (χ2v) is 7.92. The summed E-state index contributed by atoms with van der Waals surface area (Å²) in [7, 11) is 0. The molecule has 1 saturated carbocycles. The van der Waals surface area contributed by atoms with Crippen LogP contribution in [0.3, 0.4) is 0 Å². The van der Waals surface area contributed by atoms with E-state index >= 15 is 0 Å². The van der Waals surface area contributed by atoms with E-state index in [1.54, 1.807) is 17.8 Å². The summed E-state index contributed by atoms with van der Waals surface area (Å²) in [5.41, 5.74) is 0.557. The average molecular weight is 382 g/mol. The summed E-state index contributed by atoms with van der Waals surface area (Å²) in [6.45, 7) is 4.56. The van der Waals surface area contributed by atoms with Crippen molar-refractivity contribution in [2.24, 2.45) is 0 Å². The minimum atomic E-state index is -0.152. The molecule has 0 aromatic heterocycles. The molecule has 7 heteroatoms. The number of hydrogen-bond acceptors (Lipinski definition) is 4.